The van der Waals surface area contributed by atoms with Crippen LogP contribution in [0, 0.1) is 5.41 Å². The average Bonchev–Trinajstić information content (AvgIpc) is 3.06. The molecule has 0 amide bonds. The largest absolute Gasteiger partial charge is 0.339 e. The molecule has 2 fully saturated rings. The van der Waals surface area contributed by atoms with Crippen LogP contribution >= 0.6 is 0 Å². The Morgan fingerprint density at radius 2 is 1.90 bits per heavy atom. The van der Waals surface area contributed by atoms with Crippen LogP contribution in [0.25, 0.3) is 0 Å². The molecule has 20 heavy (non-hydrogen) atoms. The summed E-state index contributed by atoms with van der Waals surface area (Å²) >= 11 is 0. The van der Waals surface area contributed by atoms with Gasteiger partial charge in [-0.15, -0.1) is 0 Å². The van der Waals surface area contributed by atoms with Gasteiger partial charge < -0.3 is 9.84 Å². The van der Waals surface area contributed by atoms with E-state index in [4.69, 9.17) is 9.51 Å². The van der Waals surface area contributed by atoms with E-state index in [9.17, 15) is 0 Å². The standard InChI is InChI=1S/C16H27N3O/c1-16(2)9-7-11(8-10-16)14-18-15(20-19-14)12-5-4-6-13(12)17-3/h11-13,17H,4-10H2,1-3H3. The third kappa shape index (κ3) is 2.76. The van der Waals surface area contributed by atoms with Crippen molar-refractivity contribution in [1.82, 2.24) is 15.5 Å². The van der Waals surface area contributed by atoms with Crippen LogP contribution < -0.4 is 5.32 Å². The summed E-state index contributed by atoms with van der Waals surface area (Å²) in [6.07, 6.45) is 8.58. The topological polar surface area (TPSA) is 51.0 Å². The van der Waals surface area contributed by atoms with Gasteiger partial charge in [0.25, 0.3) is 0 Å². The molecule has 3 rings (SSSR count). The highest BCUT2D eigenvalue weighted by Gasteiger charge is 2.34. The second-order valence-corrected chi connectivity index (χ2v) is 7.36. The summed E-state index contributed by atoms with van der Waals surface area (Å²) in [5.74, 6) is 2.75. The molecule has 0 aromatic carbocycles. The number of hydrogen-bond acceptors (Lipinski definition) is 4. The first-order chi connectivity index (χ1) is 9.59. The molecule has 1 aromatic heterocycles. The van der Waals surface area contributed by atoms with Crippen LogP contribution in [0.3, 0.4) is 0 Å². The lowest BCUT2D eigenvalue weighted by molar-refractivity contribution is 0.218. The molecule has 0 bridgehead atoms. The minimum Gasteiger partial charge on any atom is -0.339 e. The predicted octanol–water partition coefficient (Wildman–Crippen LogP) is 3.61. The van der Waals surface area contributed by atoms with Gasteiger partial charge in [-0.05, 0) is 51.0 Å². The van der Waals surface area contributed by atoms with Crippen molar-refractivity contribution in [2.75, 3.05) is 7.05 Å². The highest BCUT2D eigenvalue weighted by atomic mass is 16.5. The van der Waals surface area contributed by atoms with Crippen LogP contribution in [0.1, 0.15) is 82.3 Å². The SMILES string of the molecule is CNC1CCCC1c1nc(C2CCC(C)(C)CC2)no1. The summed E-state index contributed by atoms with van der Waals surface area (Å²) in [6.45, 7) is 4.72. The highest BCUT2D eigenvalue weighted by Crippen LogP contribution is 2.42. The Bertz CT molecular complexity index is 444. The first-order valence-electron chi connectivity index (χ1n) is 8.10. The number of likely N-dealkylation sites (N-methyl/N-ethyl adjacent to an activating group) is 1. The number of nitrogens with one attached hydrogen (secondary N) is 1. The number of aromatic nitrogens is 2. The molecule has 4 nitrogen and oxygen atoms in total. The summed E-state index contributed by atoms with van der Waals surface area (Å²) in [5.41, 5.74) is 0.492. The van der Waals surface area contributed by atoms with Crippen molar-refractivity contribution in [3.8, 4) is 0 Å². The molecule has 1 heterocycles. The second-order valence-electron chi connectivity index (χ2n) is 7.36. The van der Waals surface area contributed by atoms with Gasteiger partial charge in [0, 0.05) is 12.0 Å². The smallest absolute Gasteiger partial charge is 0.231 e. The van der Waals surface area contributed by atoms with E-state index in [1.807, 2.05) is 7.05 Å². The van der Waals surface area contributed by atoms with E-state index in [-0.39, 0.29) is 0 Å². The normalized spacial score (nSPS) is 30.8. The second kappa shape index (κ2) is 5.47. The fourth-order valence-electron chi connectivity index (χ4n) is 3.82. The van der Waals surface area contributed by atoms with Gasteiger partial charge in [0.2, 0.25) is 5.89 Å². The fourth-order valence-corrected chi connectivity index (χ4v) is 3.82. The van der Waals surface area contributed by atoms with Crippen molar-refractivity contribution >= 4 is 0 Å². The van der Waals surface area contributed by atoms with E-state index >= 15 is 0 Å². The van der Waals surface area contributed by atoms with Gasteiger partial charge in [-0.2, -0.15) is 4.98 Å². The Labute approximate surface area is 121 Å². The van der Waals surface area contributed by atoms with Gasteiger partial charge in [-0.3, -0.25) is 0 Å². The molecule has 2 atom stereocenters. The molecule has 2 aliphatic rings. The molecule has 0 saturated heterocycles. The molecule has 4 heteroatoms. The Morgan fingerprint density at radius 1 is 1.15 bits per heavy atom. The van der Waals surface area contributed by atoms with Crippen LogP contribution in [-0.2, 0) is 0 Å². The van der Waals surface area contributed by atoms with E-state index in [1.54, 1.807) is 0 Å². The monoisotopic (exact) mass is 277 g/mol. The van der Waals surface area contributed by atoms with E-state index in [0.717, 1.165) is 11.7 Å². The molecule has 112 valence electrons. The summed E-state index contributed by atoms with van der Waals surface area (Å²) < 4.78 is 5.58. The van der Waals surface area contributed by atoms with Crippen LogP contribution in [0.4, 0.5) is 0 Å². The van der Waals surface area contributed by atoms with Gasteiger partial charge in [0.15, 0.2) is 5.82 Å². The van der Waals surface area contributed by atoms with Crippen molar-refractivity contribution in [2.24, 2.45) is 5.41 Å². The van der Waals surface area contributed by atoms with E-state index in [2.05, 4.69) is 24.3 Å². The summed E-state index contributed by atoms with van der Waals surface area (Å²) in [7, 11) is 2.03. The minimum absolute atomic E-state index is 0.418. The van der Waals surface area contributed by atoms with E-state index in [0.29, 0.717) is 23.3 Å². The molecule has 0 radical (unpaired) electrons. The first-order valence-corrected chi connectivity index (χ1v) is 8.10. The summed E-state index contributed by atoms with van der Waals surface area (Å²) in [6, 6.07) is 0.508. The maximum absolute atomic E-state index is 5.58. The van der Waals surface area contributed by atoms with Crippen LogP contribution in [0.15, 0.2) is 4.52 Å². The molecule has 0 aliphatic heterocycles. The zero-order chi connectivity index (χ0) is 14.2. The van der Waals surface area contributed by atoms with Gasteiger partial charge in [0.05, 0.1) is 5.92 Å². The third-order valence-corrected chi connectivity index (χ3v) is 5.37. The lowest BCUT2D eigenvalue weighted by Gasteiger charge is -2.32. The molecule has 1 N–H and O–H groups in total. The molecule has 2 saturated carbocycles. The number of rotatable bonds is 3. The zero-order valence-corrected chi connectivity index (χ0v) is 13.0. The van der Waals surface area contributed by atoms with Gasteiger partial charge in [0.1, 0.15) is 0 Å². The molecule has 1 aromatic rings. The van der Waals surface area contributed by atoms with Crippen molar-refractivity contribution in [2.45, 2.75) is 76.7 Å². The third-order valence-electron chi connectivity index (χ3n) is 5.37. The maximum atomic E-state index is 5.58. The lowest BCUT2D eigenvalue weighted by atomic mass is 9.73. The molecule has 2 aliphatic carbocycles. The molecular formula is C16H27N3O. The van der Waals surface area contributed by atoms with Gasteiger partial charge in [-0.25, -0.2) is 0 Å². The maximum Gasteiger partial charge on any atom is 0.231 e. The van der Waals surface area contributed by atoms with Crippen molar-refractivity contribution in [1.29, 1.82) is 0 Å². The van der Waals surface area contributed by atoms with Gasteiger partial charge >= 0.3 is 0 Å². The van der Waals surface area contributed by atoms with Crippen molar-refractivity contribution < 1.29 is 4.52 Å². The quantitative estimate of drug-likeness (QED) is 0.917. The summed E-state index contributed by atoms with van der Waals surface area (Å²) in [5, 5.41) is 7.67. The zero-order valence-electron chi connectivity index (χ0n) is 13.0. The average molecular weight is 277 g/mol. The van der Waals surface area contributed by atoms with Crippen LogP contribution in [0.2, 0.25) is 0 Å². The van der Waals surface area contributed by atoms with E-state index in [1.165, 1.54) is 44.9 Å². The van der Waals surface area contributed by atoms with Crippen molar-refractivity contribution in [3.05, 3.63) is 11.7 Å². The molecular weight excluding hydrogens is 250 g/mol. The lowest BCUT2D eigenvalue weighted by Crippen LogP contribution is -2.27. The minimum atomic E-state index is 0.418. The molecule has 2 unspecified atom stereocenters. The Balaban J connectivity index is 1.68. The predicted molar refractivity (Wildman–Crippen MR) is 78.7 cm³/mol. The van der Waals surface area contributed by atoms with Crippen LogP contribution in [-0.4, -0.2) is 23.2 Å². The Hall–Kier alpha value is -0.900. The number of nitrogens with zero attached hydrogens (tertiary/aromatic N) is 2. The highest BCUT2D eigenvalue weighted by molar-refractivity contribution is 5.06. The first kappa shape index (κ1) is 14.1. The number of hydrogen-bond donors (Lipinski definition) is 1. The Kier molecular flexibility index (Phi) is 3.85. The van der Waals surface area contributed by atoms with Crippen molar-refractivity contribution in [3.63, 3.8) is 0 Å². The van der Waals surface area contributed by atoms with Gasteiger partial charge in [-0.1, -0.05) is 25.4 Å². The van der Waals surface area contributed by atoms with E-state index < -0.39 is 0 Å². The summed E-state index contributed by atoms with van der Waals surface area (Å²) in [4.78, 5) is 4.74. The van der Waals surface area contributed by atoms with Crippen LogP contribution in [0.5, 0.6) is 0 Å². The Morgan fingerprint density at radius 3 is 2.60 bits per heavy atom. The molecule has 0 spiro atoms. The fraction of sp³-hybridized carbons (Fsp3) is 0.875.